The molecule has 2 heteroatoms. The van der Waals surface area contributed by atoms with E-state index in [1.54, 1.807) is 61.1 Å². The van der Waals surface area contributed by atoms with E-state index in [1.807, 2.05) is 0 Å². The van der Waals surface area contributed by atoms with E-state index in [0.29, 0.717) is 0 Å². The van der Waals surface area contributed by atoms with Gasteiger partial charge in [0.15, 0.2) is 0 Å². The maximum atomic E-state index is 1.64. The van der Waals surface area contributed by atoms with Gasteiger partial charge in [-0.25, -0.2) is 0 Å². The Morgan fingerprint density at radius 1 is 0.750 bits per heavy atom. The molecule has 2 aliphatic rings. The van der Waals surface area contributed by atoms with Crippen molar-refractivity contribution < 1.29 is 0 Å². The summed E-state index contributed by atoms with van der Waals surface area (Å²) < 4.78 is 0. The number of rotatable bonds is 2. The molecule has 2 saturated carbocycles. The molecule has 0 aromatic carbocycles. The van der Waals surface area contributed by atoms with Gasteiger partial charge in [-0.15, -0.1) is 0 Å². The molecule has 0 unspecified atom stereocenters. The van der Waals surface area contributed by atoms with E-state index in [4.69, 9.17) is 0 Å². The average molecular weight is 198 g/mol. The standard InChI is InChI=1S/C10H22Si2/c11-12(9-5-1-2-6-9)10-7-3-4-8-10/h9-10,12H,1-8H2,11H3. The van der Waals surface area contributed by atoms with Crippen LogP contribution in [-0.2, 0) is 0 Å². The predicted octanol–water partition coefficient (Wildman–Crippen LogP) is 1.96. The molecular formula is C10H22Si2. The Balaban J connectivity index is 1.84. The predicted molar refractivity (Wildman–Crippen MR) is 61.5 cm³/mol. The van der Waals surface area contributed by atoms with Gasteiger partial charge in [-0.1, -0.05) is 62.4 Å². The first-order chi connectivity index (χ1) is 5.88. The molecule has 0 spiro atoms. The van der Waals surface area contributed by atoms with Gasteiger partial charge < -0.3 is 0 Å². The van der Waals surface area contributed by atoms with Gasteiger partial charge in [0, 0.05) is 8.31 Å². The lowest BCUT2D eigenvalue weighted by molar-refractivity contribution is 0.789. The third-order valence-corrected chi connectivity index (χ3v) is 14.3. The molecule has 0 saturated heterocycles. The third kappa shape index (κ3) is 1.85. The van der Waals surface area contributed by atoms with E-state index < -0.39 is 0 Å². The fourth-order valence-electron chi connectivity index (χ4n) is 3.35. The van der Waals surface area contributed by atoms with Crippen molar-refractivity contribution >= 4 is 18.1 Å². The van der Waals surface area contributed by atoms with Crippen LogP contribution in [0.4, 0.5) is 0 Å². The Morgan fingerprint density at radius 3 is 1.42 bits per heavy atom. The lowest BCUT2D eigenvalue weighted by Crippen LogP contribution is -2.24. The van der Waals surface area contributed by atoms with Crippen LogP contribution in [0.25, 0.3) is 0 Å². The highest BCUT2D eigenvalue weighted by atomic mass is 29.1. The molecule has 2 fully saturated rings. The van der Waals surface area contributed by atoms with Crippen LogP contribution in [0.15, 0.2) is 0 Å². The van der Waals surface area contributed by atoms with E-state index in [-0.39, 0.29) is 8.31 Å². The molecule has 0 aliphatic heterocycles. The van der Waals surface area contributed by atoms with Crippen LogP contribution in [0, 0.1) is 0 Å². The Hall–Kier alpha value is 0.434. The van der Waals surface area contributed by atoms with Crippen molar-refractivity contribution in [1.82, 2.24) is 0 Å². The molecule has 0 bridgehead atoms. The zero-order valence-electron chi connectivity index (χ0n) is 8.39. The average Bonchev–Trinajstić information content (AvgIpc) is 2.77. The van der Waals surface area contributed by atoms with E-state index in [2.05, 4.69) is 0 Å². The summed E-state index contributed by atoms with van der Waals surface area (Å²) in [5, 5.41) is 0. The van der Waals surface area contributed by atoms with Crippen LogP contribution in [0.1, 0.15) is 51.4 Å². The molecule has 0 heterocycles. The molecule has 2 aliphatic carbocycles. The quantitative estimate of drug-likeness (QED) is 0.595. The Morgan fingerprint density at radius 2 is 1.08 bits per heavy atom. The zero-order chi connectivity index (χ0) is 8.39. The number of hydrogen-bond donors (Lipinski definition) is 0. The third-order valence-electron chi connectivity index (χ3n) is 4.29. The van der Waals surface area contributed by atoms with E-state index >= 15 is 0 Å². The summed E-state index contributed by atoms with van der Waals surface area (Å²) in [7, 11) is 1.44. The second-order valence-electron chi connectivity index (χ2n) is 4.95. The summed E-state index contributed by atoms with van der Waals surface area (Å²) in [5.74, 6) is 0. The zero-order valence-corrected chi connectivity index (χ0v) is 11.5. The first-order valence-electron chi connectivity index (χ1n) is 5.88. The number of hydrogen-bond acceptors (Lipinski definition) is 0. The normalized spacial score (nSPS) is 27.8. The van der Waals surface area contributed by atoms with Gasteiger partial charge in [0.25, 0.3) is 0 Å². The largest absolute Gasteiger partial charge is 0.0533 e. The molecule has 0 radical (unpaired) electrons. The van der Waals surface area contributed by atoms with Crippen molar-refractivity contribution in [2.75, 3.05) is 0 Å². The second-order valence-corrected chi connectivity index (χ2v) is 12.6. The highest BCUT2D eigenvalue weighted by Crippen LogP contribution is 2.41. The fraction of sp³-hybridized carbons (Fsp3) is 1.00. The van der Waals surface area contributed by atoms with Crippen molar-refractivity contribution in [3.63, 3.8) is 0 Å². The van der Waals surface area contributed by atoms with E-state index in [1.165, 1.54) is 11.1 Å². The molecule has 0 aromatic rings. The van der Waals surface area contributed by atoms with Gasteiger partial charge in [0.1, 0.15) is 0 Å². The van der Waals surface area contributed by atoms with Crippen molar-refractivity contribution in [2.45, 2.75) is 62.4 Å². The smallest absolute Gasteiger partial charge is 0.0266 e. The SMILES string of the molecule is [SiH3][SiH](C1CCCC1)C1CCCC1. The van der Waals surface area contributed by atoms with Gasteiger partial charge in [-0.2, -0.15) is 0 Å². The second kappa shape index (κ2) is 4.10. The van der Waals surface area contributed by atoms with Crippen molar-refractivity contribution in [3.05, 3.63) is 0 Å². The Bertz CT molecular complexity index is 119. The summed E-state index contributed by atoms with van der Waals surface area (Å²) in [6, 6.07) is 0. The molecule has 2 rings (SSSR count). The fourth-order valence-corrected chi connectivity index (χ4v) is 11.2. The molecule has 0 atom stereocenters. The van der Waals surface area contributed by atoms with Gasteiger partial charge in [-0.05, 0) is 9.76 Å². The van der Waals surface area contributed by atoms with E-state index in [0.717, 1.165) is 0 Å². The molecule has 0 aromatic heterocycles. The van der Waals surface area contributed by atoms with Gasteiger partial charge in [-0.3, -0.25) is 0 Å². The minimum Gasteiger partial charge on any atom is -0.0533 e. The van der Waals surface area contributed by atoms with Gasteiger partial charge >= 0.3 is 0 Å². The van der Waals surface area contributed by atoms with Crippen molar-refractivity contribution in [2.24, 2.45) is 0 Å². The first-order valence-corrected chi connectivity index (χ1v) is 11.8. The highest BCUT2D eigenvalue weighted by Gasteiger charge is 2.30. The highest BCUT2D eigenvalue weighted by molar-refractivity contribution is 7.05. The molecule has 70 valence electrons. The molecule has 0 amide bonds. The van der Waals surface area contributed by atoms with Crippen LogP contribution in [0.5, 0.6) is 0 Å². The first kappa shape index (κ1) is 9.01. The summed E-state index contributed by atoms with van der Waals surface area (Å²) in [4.78, 5) is 0. The van der Waals surface area contributed by atoms with Gasteiger partial charge in [0.2, 0.25) is 0 Å². The Labute approximate surface area is 80.9 Å². The molecular weight excluding hydrogens is 176 g/mol. The van der Waals surface area contributed by atoms with Crippen LogP contribution in [0.2, 0.25) is 11.1 Å². The van der Waals surface area contributed by atoms with Crippen LogP contribution in [0.3, 0.4) is 0 Å². The van der Waals surface area contributed by atoms with Crippen LogP contribution < -0.4 is 0 Å². The topological polar surface area (TPSA) is 0 Å². The lowest BCUT2D eigenvalue weighted by Gasteiger charge is -2.23. The summed E-state index contributed by atoms with van der Waals surface area (Å²) in [6.45, 7) is 0. The van der Waals surface area contributed by atoms with E-state index in [9.17, 15) is 0 Å². The van der Waals surface area contributed by atoms with Crippen molar-refractivity contribution in [1.29, 1.82) is 0 Å². The minimum absolute atomic E-state index is 0.168. The monoisotopic (exact) mass is 198 g/mol. The summed E-state index contributed by atoms with van der Waals surface area (Å²) >= 11 is 0. The van der Waals surface area contributed by atoms with Crippen molar-refractivity contribution in [3.8, 4) is 0 Å². The lowest BCUT2D eigenvalue weighted by atomic mass is 10.3. The molecule has 0 nitrogen and oxygen atoms in total. The van der Waals surface area contributed by atoms with Crippen LogP contribution >= 0.6 is 0 Å². The molecule has 0 N–H and O–H groups in total. The maximum Gasteiger partial charge on any atom is 0.0266 e. The molecule has 12 heavy (non-hydrogen) atoms. The minimum atomic E-state index is -0.168. The van der Waals surface area contributed by atoms with Gasteiger partial charge in [0.05, 0.1) is 0 Å². The Kier molecular flexibility index (Phi) is 3.07. The summed E-state index contributed by atoms with van der Waals surface area (Å²) in [5.41, 5.74) is 2.61. The van der Waals surface area contributed by atoms with Crippen LogP contribution in [-0.4, -0.2) is 18.1 Å². The maximum absolute atomic E-state index is 1.64. The summed E-state index contributed by atoms with van der Waals surface area (Å²) in [6.07, 6.45) is 12.8.